The van der Waals surface area contributed by atoms with Gasteiger partial charge in [0.25, 0.3) is 0 Å². The van der Waals surface area contributed by atoms with Crippen LogP contribution in [0.15, 0.2) is 0 Å². The van der Waals surface area contributed by atoms with Gasteiger partial charge in [-0.2, -0.15) is 0 Å². The first kappa shape index (κ1) is 7.14. The lowest BCUT2D eigenvalue weighted by Gasteiger charge is -1.90. The van der Waals surface area contributed by atoms with Gasteiger partial charge in [0.2, 0.25) is 0 Å². The van der Waals surface area contributed by atoms with Crippen LogP contribution in [0.1, 0.15) is 19.8 Å². The molecular formula is C5H9NO2. The van der Waals surface area contributed by atoms with E-state index in [1.165, 1.54) is 0 Å². The summed E-state index contributed by atoms with van der Waals surface area (Å²) in [6.07, 6.45) is 0.419. The lowest BCUT2D eigenvalue weighted by Crippen LogP contribution is -2.03. The normalized spacial score (nSPS) is 8.62. The molecule has 0 aliphatic heterocycles. The van der Waals surface area contributed by atoms with Crippen molar-refractivity contribution in [2.45, 2.75) is 19.8 Å². The molecule has 2 N–H and O–H groups in total. The maximum Gasteiger partial charge on any atom is 0.309 e. The van der Waals surface area contributed by atoms with Gasteiger partial charge in [0.1, 0.15) is 0 Å². The molecule has 3 heteroatoms. The van der Waals surface area contributed by atoms with E-state index in [-0.39, 0.29) is 12.1 Å². The Morgan fingerprint density at radius 1 is 1.75 bits per heavy atom. The van der Waals surface area contributed by atoms with Crippen molar-refractivity contribution in [2.75, 3.05) is 0 Å². The van der Waals surface area contributed by atoms with Crippen LogP contribution in [0.3, 0.4) is 0 Å². The first-order valence-corrected chi connectivity index (χ1v) is 2.45. The third-order valence-corrected chi connectivity index (χ3v) is 0.791. The highest BCUT2D eigenvalue weighted by atomic mass is 16.4. The summed E-state index contributed by atoms with van der Waals surface area (Å²) in [7, 11) is 0. The van der Waals surface area contributed by atoms with Crippen molar-refractivity contribution in [2.24, 2.45) is 0 Å². The molecule has 0 aliphatic carbocycles. The Bertz CT molecular complexity index is 109. The molecule has 0 aromatic rings. The molecule has 0 aromatic heterocycles. The zero-order valence-corrected chi connectivity index (χ0v) is 4.77. The highest BCUT2D eigenvalue weighted by Gasteiger charge is 1.98. The molecule has 0 amide bonds. The molecule has 0 unspecified atom stereocenters. The summed E-state index contributed by atoms with van der Waals surface area (Å²) in [6, 6.07) is 0. The van der Waals surface area contributed by atoms with Crippen LogP contribution in [0.25, 0.3) is 0 Å². The van der Waals surface area contributed by atoms with Gasteiger partial charge in [-0.05, 0) is 6.42 Å². The number of hydrogen-bond donors (Lipinski definition) is 2. The summed E-state index contributed by atoms with van der Waals surface area (Å²) < 4.78 is 0. The van der Waals surface area contributed by atoms with E-state index in [0.29, 0.717) is 6.42 Å². The van der Waals surface area contributed by atoms with Crippen molar-refractivity contribution in [3.8, 4) is 0 Å². The van der Waals surface area contributed by atoms with Gasteiger partial charge in [-0.25, -0.2) is 0 Å². The smallest absolute Gasteiger partial charge is 0.309 e. The minimum Gasteiger partial charge on any atom is -0.481 e. The average molecular weight is 115 g/mol. The van der Waals surface area contributed by atoms with E-state index in [1.54, 1.807) is 6.92 Å². The molecule has 46 valence electrons. The molecule has 0 radical (unpaired) electrons. The summed E-state index contributed by atoms with van der Waals surface area (Å²) in [5.74, 6) is -0.920. The largest absolute Gasteiger partial charge is 0.481 e. The number of aliphatic carboxylic acids is 1. The summed E-state index contributed by atoms with van der Waals surface area (Å²) >= 11 is 0. The Morgan fingerprint density at radius 2 is 2.25 bits per heavy atom. The third-order valence-electron chi connectivity index (χ3n) is 0.791. The van der Waals surface area contributed by atoms with Gasteiger partial charge in [-0.15, -0.1) is 0 Å². The molecule has 0 saturated carbocycles. The molecule has 0 atom stereocenters. The van der Waals surface area contributed by atoms with Crippen LogP contribution in [-0.2, 0) is 4.79 Å². The zero-order valence-electron chi connectivity index (χ0n) is 4.77. The van der Waals surface area contributed by atoms with Crippen molar-refractivity contribution < 1.29 is 9.90 Å². The van der Waals surface area contributed by atoms with Crippen LogP contribution in [0.2, 0.25) is 0 Å². The first-order valence-electron chi connectivity index (χ1n) is 2.45. The van der Waals surface area contributed by atoms with E-state index < -0.39 is 5.97 Å². The second kappa shape index (κ2) is 3.18. The highest BCUT2D eigenvalue weighted by Crippen LogP contribution is 1.87. The van der Waals surface area contributed by atoms with E-state index in [1.807, 2.05) is 0 Å². The van der Waals surface area contributed by atoms with E-state index in [0.717, 1.165) is 0 Å². The van der Waals surface area contributed by atoms with E-state index in [4.69, 9.17) is 10.5 Å². The highest BCUT2D eigenvalue weighted by molar-refractivity contribution is 5.96. The van der Waals surface area contributed by atoms with Gasteiger partial charge in [-0.3, -0.25) is 4.79 Å². The fraction of sp³-hybridized carbons (Fsp3) is 0.600. The molecule has 0 saturated heterocycles. The predicted molar refractivity (Wildman–Crippen MR) is 30.3 cm³/mol. The average Bonchev–Trinajstić information content (AvgIpc) is 1.65. The summed E-state index contributed by atoms with van der Waals surface area (Å²) in [4.78, 5) is 9.83. The lowest BCUT2D eigenvalue weighted by molar-refractivity contribution is -0.135. The second-order valence-corrected chi connectivity index (χ2v) is 1.53. The van der Waals surface area contributed by atoms with Crippen LogP contribution >= 0.6 is 0 Å². The predicted octanol–water partition coefficient (Wildman–Crippen LogP) is 0.891. The van der Waals surface area contributed by atoms with Crippen LogP contribution in [0.5, 0.6) is 0 Å². The minimum absolute atomic E-state index is 0.115. The molecule has 3 nitrogen and oxygen atoms in total. The molecule has 0 bridgehead atoms. The molecule has 0 aliphatic rings. The number of carbonyl (C=O) groups is 1. The van der Waals surface area contributed by atoms with Gasteiger partial charge in [0.15, 0.2) is 0 Å². The van der Waals surface area contributed by atoms with Gasteiger partial charge in [-0.1, -0.05) is 6.92 Å². The third kappa shape index (κ3) is 3.33. The fourth-order valence-electron chi connectivity index (χ4n) is 0.308. The fourth-order valence-corrected chi connectivity index (χ4v) is 0.308. The number of hydrogen-bond acceptors (Lipinski definition) is 2. The van der Waals surface area contributed by atoms with E-state index >= 15 is 0 Å². The maximum absolute atomic E-state index is 9.83. The zero-order chi connectivity index (χ0) is 6.57. The van der Waals surface area contributed by atoms with Crippen LogP contribution in [0.4, 0.5) is 0 Å². The monoisotopic (exact) mass is 115 g/mol. The Kier molecular flexibility index (Phi) is 2.84. The Balaban J connectivity index is 3.40. The van der Waals surface area contributed by atoms with Gasteiger partial charge < -0.3 is 10.5 Å². The molecule has 0 heterocycles. The van der Waals surface area contributed by atoms with Gasteiger partial charge in [0.05, 0.1) is 6.42 Å². The maximum atomic E-state index is 9.83. The first-order chi connectivity index (χ1) is 3.66. The van der Waals surface area contributed by atoms with Crippen molar-refractivity contribution in [1.82, 2.24) is 0 Å². The molecule has 0 spiro atoms. The molecule has 8 heavy (non-hydrogen) atoms. The van der Waals surface area contributed by atoms with E-state index in [9.17, 15) is 4.79 Å². The molecule has 0 aromatic carbocycles. The Labute approximate surface area is 47.8 Å². The van der Waals surface area contributed by atoms with Crippen LogP contribution in [-0.4, -0.2) is 16.8 Å². The number of nitrogens with one attached hydrogen (secondary N) is 1. The number of rotatable bonds is 3. The Morgan fingerprint density at radius 3 is 2.38 bits per heavy atom. The SMILES string of the molecule is CCC(=N)CC(=O)O. The van der Waals surface area contributed by atoms with Crippen molar-refractivity contribution in [1.29, 1.82) is 5.41 Å². The molecular weight excluding hydrogens is 106 g/mol. The number of carboxylic acid groups (broad SMARTS) is 1. The topological polar surface area (TPSA) is 61.2 Å². The van der Waals surface area contributed by atoms with Crippen LogP contribution < -0.4 is 0 Å². The summed E-state index contributed by atoms with van der Waals surface area (Å²) in [5, 5.41) is 15.0. The quantitative estimate of drug-likeness (QED) is 0.536. The van der Waals surface area contributed by atoms with Crippen LogP contribution in [0, 0.1) is 5.41 Å². The summed E-state index contributed by atoms with van der Waals surface area (Å²) in [6.45, 7) is 1.77. The van der Waals surface area contributed by atoms with E-state index in [2.05, 4.69) is 0 Å². The lowest BCUT2D eigenvalue weighted by atomic mass is 10.2. The molecule has 0 fully saturated rings. The second-order valence-electron chi connectivity index (χ2n) is 1.53. The van der Waals surface area contributed by atoms with Gasteiger partial charge in [0, 0.05) is 5.71 Å². The van der Waals surface area contributed by atoms with Crippen molar-refractivity contribution >= 4 is 11.7 Å². The number of carboxylic acids is 1. The summed E-state index contributed by atoms with van der Waals surface area (Å²) in [5.41, 5.74) is 0.275. The standard InChI is InChI=1S/C5H9NO2/c1-2-4(6)3-5(7)8/h6H,2-3H2,1H3,(H,7,8). The Hall–Kier alpha value is -0.860. The van der Waals surface area contributed by atoms with Crippen molar-refractivity contribution in [3.63, 3.8) is 0 Å². The van der Waals surface area contributed by atoms with Gasteiger partial charge >= 0.3 is 5.97 Å². The minimum atomic E-state index is -0.920. The van der Waals surface area contributed by atoms with Crippen molar-refractivity contribution in [3.05, 3.63) is 0 Å². The molecule has 0 rings (SSSR count).